The number of ketones is 1. The van der Waals surface area contributed by atoms with E-state index < -0.39 is 0 Å². The quantitative estimate of drug-likeness (QED) is 0.472. The third-order valence-corrected chi connectivity index (χ3v) is 1.25. The standard InChI is InChI=1S/C8H16N2O/c1-7(6-8(2)11)10-5-3-4-9/h3-6,9H2,1-2H3. The highest BCUT2D eigenvalue weighted by molar-refractivity contribution is 5.99. The molecule has 2 N–H and O–H groups in total. The highest BCUT2D eigenvalue weighted by Crippen LogP contribution is 1.89. The van der Waals surface area contributed by atoms with E-state index in [0.717, 1.165) is 18.7 Å². The van der Waals surface area contributed by atoms with Crippen molar-refractivity contribution in [2.45, 2.75) is 26.7 Å². The molecule has 0 saturated heterocycles. The highest BCUT2D eigenvalue weighted by Gasteiger charge is 1.94. The molecular weight excluding hydrogens is 140 g/mol. The molecular formula is C8H16N2O. The Balaban J connectivity index is 3.54. The summed E-state index contributed by atoms with van der Waals surface area (Å²) < 4.78 is 0. The summed E-state index contributed by atoms with van der Waals surface area (Å²) in [5, 5.41) is 0. The molecule has 0 rings (SSSR count). The van der Waals surface area contributed by atoms with Gasteiger partial charge in [-0.25, -0.2) is 0 Å². The summed E-state index contributed by atoms with van der Waals surface area (Å²) in [5.41, 5.74) is 6.19. The zero-order valence-electron chi connectivity index (χ0n) is 7.26. The monoisotopic (exact) mass is 156 g/mol. The van der Waals surface area contributed by atoms with E-state index in [1.165, 1.54) is 0 Å². The van der Waals surface area contributed by atoms with Gasteiger partial charge < -0.3 is 5.73 Å². The predicted molar refractivity (Wildman–Crippen MR) is 46.9 cm³/mol. The molecule has 0 bridgehead atoms. The number of rotatable bonds is 5. The van der Waals surface area contributed by atoms with Crippen LogP contribution in [-0.2, 0) is 4.79 Å². The minimum Gasteiger partial charge on any atom is -0.330 e. The fraction of sp³-hybridized carbons (Fsp3) is 0.750. The van der Waals surface area contributed by atoms with Crippen LogP contribution in [0.3, 0.4) is 0 Å². The van der Waals surface area contributed by atoms with Gasteiger partial charge in [-0.15, -0.1) is 0 Å². The number of nitrogens with two attached hydrogens (primary N) is 1. The van der Waals surface area contributed by atoms with Crippen LogP contribution in [0.15, 0.2) is 4.99 Å². The van der Waals surface area contributed by atoms with Gasteiger partial charge in [-0.1, -0.05) is 0 Å². The SMILES string of the molecule is CC(=O)CC(C)=NCCCN. The maximum Gasteiger partial charge on any atom is 0.135 e. The summed E-state index contributed by atoms with van der Waals surface area (Å²) in [5.74, 6) is 0.166. The minimum atomic E-state index is 0.166. The lowest BCUT2D eigenvalue weighted by atomic mass is 10.2. The van der Waals surface area contributed by atoms with Crippen LogP contribution in [0, 0.1) is 0 Å². The normalized spacial score (nSPS) is 11.7. The van der Waals surface area contributed by atoms with Gasteiger partial charge >= 0.3 is 0 Å². The summed E-state index contributed by atoms with van der Waals surface area (Å²) in [6.45, 7) is 4.85. The van der Waals surface area contributed by atoms with Crippen LogP contribution in [0.5, 0.6) is 0 Å². The number of aliphatic imine (C=N–C) groups is 1. The molecule has 0 amide bonds. The van der Waals surface area contributed by atoms with Crippen molar-refractivity contribution in [2.24, 2.45) is 10.7 Å². The van der Waals surface area contributed by atoms with Gasteiger partial charge in [0, 0.05) is 18.7 Å². The van der Waals surface area contributed by atoms with Crippen molar-refractivity contribution >= 4 is 11.5 Å². The van der Waals surface area contributed by atoms with Gasteiger partial charge in [0.05, 0.1) is 0 Å². The summed E-state index contributed by atoms with van der Waals surface area (Å²) in [6.07, 6.45) is 1.37. The van der Waals surface area contributed by atoms with E-state index >= 15 is 0 Å². The van der Waals surface area contributed by atoms with E-state index in [-0.39, 0.29) is 5.78 Å². The second-order valence-electron chi connectivity index (χ2n) is 2.64. The molecule has 0 aliphatic carbocycles. The Morgan fingerprint density at radius 1 is 1.45 bits per heavy atom. The average Bonchev–Trinajstić information content (AvgIpc) is 1.86. The zero-order chi connectivity index (χ0) is 8.69. The summed E-state index contributed by atoms with van der Waals surface area (Å²) in [4.78, 5) is 14.8. The van der Waals surface area contributed by atoms with Gasteiger partial charge in [0.1, 0.15) is 5.78 Å². The first kappa shape index (κ1) is 10.3. The Labute approximate surface area is 67.7 Å². The lowest BCUT2D eigenvalue weighted by Gasteiger charge is -1.95. The van der Waals surface area contributed by atoms with Crippen LogP contribution < -0.4 is 5.73 Å². The first-order chi connectivity index (χ1) is 5.16. The maximum atomic E-state index is 10.6. The van der Waals surface area contributed by atoms with E-state index in [2.05, 4.69) is 4.99 Å². The number of carbonyl (C=O) groups excluding carboxylic acids is 1. The second kappa shape index (κ2) is 6.04. The first-order valence-corrected chi connectivity index (χ1v) is 3.86. The number of nitrogens with zero attached hydrogens (tertiary/aromatic N) is 1. The molecule has 64 valence electrons. The number of carbonyl (C=O) groups is 1. The van der Waals surface area contributed by atoms with E-state index in [0.29, 0.717) is 13.0 Å². The molecule has 0 radical (unpaired) electrons. The van der Waals surface area contributed by atoms with Crippen molar-refractivity contribution in [2.75, 3.05) is 13.1 Å². The molecule has 0 fully saturated rings. The average molecular weight is 156 g/mol. The van der Waals surface area contributed by atoms with Crippen molar-refractivity contribution in [1.82, 2.24) is 0 Å². The molecule has 11 heavy (non-hydrogen) atoms. The topological polar surface area (TPSA) is 55.5 Å². The Morgan fingerprint density at radius 3 is 2.55 bits per heavy atom. The van der Waals surface area contributed by atoms with E-state index in [9.17, 15) is 4.79 Å². The van der Waals surface area contributed by atoms with Gasteiger partial charge in [0.2, 0.25) is 0 Å². The minimum absolute atomic E-state index is 0.166. The Hall–Kier alpha value is -0.700. The molecule has 0 unspecified atom stereocenters. The zero-order valence-corrected chi connectivity index (χ0v) is 7.26. The number of hydrogen-bond donors (Lipinski definition) is 1. The van der Waals surface area contributed by atoms with E-state index in [1.807, 2.05) is 6.92 Å². The maximum absolute atomic E-state index is 10.6. The second-order valence-corrected chi connectivity index (χ2v) is 2.64. The molecule has 0 aromatic rings. The van der Waals surface area contributed by atoms with Crippen molar-refractivity contribution < 1.29 is 4.79 Å². The van der Waals surface area contributed by atoms with Crippen molar-refractivity contribution in [1.29, 1.82) is 0 Å². The van der Waals surface area contributed by atoms with Crippen molar-refractivity contribution in [3.63, 3.8) is 0 Å². The smallest absolute Gasteiger partial charge is 0.135 e. The number of Topliss-reactive ketones (excluding diaryl/α,β-unsaturated/α-hetero) is 1. The predicted octanol–water partition coefficient (Wildman–Crippen LogP) is 0.775. The van der Waals surface area contributed by atoms with Gasteiger partial charge in [0.25, 0.3) is 0 Å². The Bertz CT molecular complexity index is 152. The molecule has 0 aromatic heterocycles. The third-order valence-electron chi connectivity index (χ3n) is 1.25. The van der Waals surface area contributed by atoms with Gasteiger partial charge in [-0.3, -0.25) is 9.79 Å². The highest BCUT2D eigenvalue weighted by atomic mass is 16.1. The van der Waals surface area contributed by atoms with Crippen LogP contribution >= 0.6 is 0 Å². The van der Waals surface area contributed by atoms with Crippen LogP contribution in [0.2, 0.25) is 0 Å². The first-order valence-electron chi connectivity index (χ1n) is 3.86. The van der Waals surface area contributed by atoms with E-state index in [1.54, 1.807) is 6.92 Å². The largest absolute Gasteiger partial charge is 0.330 e. The van der Waals surface area contributed by atoms with Crippen molar-refractivity contribution in [3.8, 4) is 0 Å². The molecule has 0 aliphatic rings. The molecule has 0 heterocycles. The van der Waals surface area contributed by atoms with Crippen LogP contribution in [0.1, 0.15) is 26.7 Å². The molecule has 0 spiro atoms. The van der Waals surface area contributed by atoms with Crippen LogP contribution in [0.4, 0.5) is 0 Å². The van der Waals surface area contributed by atoms with Gasteiger partial charge in [0.15, 0.2) is 0 Å². The van der Waals surface area contributed by atoms with E-state index in [4.69, 9.17) is 5.73 Å². The molecule has 0 saturated carbocycles. The number of hydrogen-bond acceptors (Lipinski definition) is 3. The van der Waals surface area contributed by atoms with Crippen LogP contribution in [0.25, 0.3) is 0 Å². The lowest BCUT2D eigenvalue weighted by Crippen LogP contribution is -2.04. The summed E-state index contributed by atoms with van der Waals surface area (Å²) in [6, 6.07) is 0. The molecule has 3 nitrogen and oxygen atoms in total. The van der Waals surface area contributed by atoms with Gasteiger partial charge in [-0.2, -0.15) is 0 Å². The summed E-state index contributed by atoms with van der Waals surface area (Å²) in [7, 11) is 0. The van der Waals surface area contributed by atoms with Gasteiger partial charge in [-0.05, 0) is 26.8 Å². The third kappa shape index (κ3) is 7.19. The molecule has 0 aliphatic heterocycles. The van der Waals surface area contributed by atoms with Crippen LogP contribution in [-0.4, -0.2) is 24.6 Å². The fourth-order valence-corrected chi connectivity index (χ4v) is 0.777. The molecule has 0 aromatic carbocycles. The van der Waals surface area contributed by atoms with Crippen molar-refractivity contribution in [3.05, 3.63) is 0 Å². The molecule has 0 atom stereocenters. The summed E-state index contributed by atoms with van der Waals surface area (Å²) >= 11 is 0. The Morgan fingerprint density at radius 2 is 2.09 bits per heavy atom. The Kier molecular flexibility index (Phi) is 5.65. The molecule has 3 heteroatoms. The fourth-order valence-electron chi connectivity index (χ4n) is 0.777. The lowest BCUT2D eigenvalue weighted by molar-refractivity contribution is -0.115.